The molecule has 0 amide bonds. The third kappa shape index (κ3) is 4.52. The van der Waals surface area contributed by atoms with Crippen LogP contribution in [0.2, 0.25) is 0 Å². The van der Waals surface area contributed by atoms with Gasteiger partial charge < -0.3 is 4.90 Å². The molecule has 1 aromatic carbocycles. The van der Waals surface area contributed by atoms with Crippen LogP contribution in [0.4, 0.5) is 0 Å². The van der Waals surface area contributed by atoms with Crippen LogP contribution in [0.25, 0.3) is 0 Å². The summed E-state index contributed by atoms with van der Waals surface area (Å²) in [4.78, 5) is 2.30. The van der Waals surface area contributed by atoms with Crippen molar-refractivity contribution in [2.45, 2.75) is 26.4 Å². The van der Waals surface area contributed by atoms with Gasteiger partial charge >= 0.3 is 18.9 Å². The average Bonchev–Trinajstić information content (AvgIpc) is 2.06. The van der Waals surface area contributed by atoms with Crippen molar-refractivity contribution in [3.05, 3.63) is 35.9 Å². The fourth-order valence-electron chi connectivity index (χ4n) is 0.980. The van der Waals surface area contributed by atoms with E-state index in [0.717, 1.165) is 6.54 Å². The molecule has 0 saturated heterocycles. The predicted molar refractivity (Wildman–Crippen MR) is 51.9 cm³/mol. The number of rotatable bonds is 3. The molecule has 0 N–H and O–H groups in total. The van der Waals surface area contributed by atoms with Gasteiger partial charge in [0.05, 0.1) is 0 Å². The van der Waals surface area contributed by atoms with Crippen molar-refractivity contribution in [1.82, 2.24) is 4.90 Å². The molecule has 1 aromatic rings. The van der Waals surface area contributed by atoms with E-state index in [9.17, 15) is 0 Å². The second-order valence-electron chi connectivity index (χ2n) is 3.40. The summed E-state index contributed by atoms with van der Waals surface area (Å²) in [6.45, 7) is 5.38. The van der Waals surface area contributed by atoms with Gasteiger partial charge in [-0.05, 0) is 20.9 Å². The molecule has 0 fully saturated rings. The SMILES string of the molecule is CC(C)N(C)Cc1[c-]cccc1.[Li+]. The molecule has 1 nitrogen and oxygen atoms in total. The van der Waals surface area contributed by atoms with Crippen molar-refractivity contribution in [3.8, 4) is 0 Å². The third-order valence-corrected chi connectivity index (χ3v) is 2.07. The van der Waals surface area contributed by atoms with Crippen LogP contribution in [0, 0.1) is 6.07 Å². The Bertz CT molecular complexity index is 221. The second kappa shape index (κ2) is 6.26. The van der Waals surface area contributed by atoms with E-state index in [1.54, 1.807) is 0 Å². The van der Waals surface area contributed by atoms with E-state index in [1.807, 2.05) is 12.1 Å². The van der Waals surface area contributed by atoms with E-state index < -0.39 is 0 Å². The van der Waals surface area contributed by atoms with E-state index in [-0.39, 0.29) is 18.9 Å². The molecule has 0 aliphatic carbocycles. The molecule has 2 heteroatoms. The Morgan fingerprint density at radius 3 is 2.54 bits per heavy atom. The van der Waals surface area contributed by atoms with Crippen LogP contribution < -0.4 is 18.9 Å². The van der Waals surface area contributed by atoms with Crippen molar-refractivity contribution in [2.75, 3.05) is 7.05 Å². The second-order valence-corrected chi connectivity index (χ2v) is 3.40. The minimum atomic E-state index is 0. The summed E-state index contributed by atoms with van der Waals surface area (Å²) in [5.41, 5.74) is 1.26. The molecule has 0 atom stereocenters. The van der Waals surface area contributed by atoms with Gasteiger partial charge in [-0.25, -0.2) is 0 Å². The quantitative estimate of drug-likeness (QED) is 0.428. The van der Waals surface area contributed by atoms with Crippen molar-refractivity contribution in [1.29, 1.82) is 0 Å². The van der Waals surface area contributed by atoms with Gasteiger partial charge in [0.25, 0.3) is 0 Å². The summed E-state index contributed by atoms with van der Waals surface area (Å²) in [5, 5.41) is 0. The van der Waals surface area contributed by atoms with Gasteiger partial charge in [0.2, 0.25) is 0 Å². The molecule has 0 unspecified atom stereocenters. The van der Waals surface area contributed by atoms with E-state index in [4.69, 9.17) is 0 Å². The standard InChI is InChI=1S/C11H16N.Li/c1-10(2)12(3)9-11-7-5-4-6-8-11;/h4-7,10H,9H2,1-3H3;/q-1;+1. The first-order chi connectivity index (χ1) is 5.70. The van der Waals surface area contributed by atoms with Crippen LogP contribution in [0.15, 0.2) is 24.3 Å². The maximum Gasteiger partial charge on any atom is 1.00 e. The molecule has 13 heavy (non-hydrogen) atoms. The normalized spacial score (nSPS) is 10.2. The van der Waals surface area contributed by atoms with E-state index in [2.05, 4.69) is 44.0 Å². The Morgan fingerprint density at radius 2 is 2.08 bits per heavy atom. The molecule has 0 radical (unpaired) electrons. The summed E-state index contributed by atoms with van der Waals surface area (Å²) >= 11 is 0. The van der Waals surface area contributed by atoms with Crippen LogP contribution >= 0.6 is 0 Å². The van der Waals surface area contributed by atoms with Crippen LogP contribution in [-0.4, -0.2) is 18.0 Å². The Hall–Kier alpha value is -0.223. The van der Waals surface area contributed by atoms with Crippen molar-refractivity contribution >= 4 is 0 Å². The summed E-state index contributed by atoms with van der Waals surface area (Å²) < 4.78 is 0. The minimum absolute atomic E-state index is 0. The number of hydrogen-bond acceptors (Lipinski definition) is 1. The maximum absolute atomic E-state index is 3.21. The molecule has 66 valence electrons. The van der Waals surface area contributed by atoms with Gasteiger partial charge in [0, 0.05) is 12.6 Å². The van der Waals surface area contributed by atoms with Gasteiger partial charge in [-0.15, -0.1) is 5.56 Å². The van der Waals surface area contributed by atoms with Gasteiger partial charge in [0.15, 0.2) is 0 Å². The summed E-state index contributed by atoms with van der Waals surface area (Å²) in [6, 6.07) is 11.9. The monoisotopic (exact) mass is 169 g/mol. The smallest absolute Gasteiger partial charge is 0.302 e. The number of nitrogens with zero attached hydrogens (tertiary/aromatic N) is 1. The van der Waals surface area contributed by atoms with E-state index >= 15 is 0 Å². The van der Waals surface area contributed by atoms with Crippen molar-refractivity contribution in [2.24, 2.45) is 0 Å². The number of benzene rings is 1. The van der Waals surface area contributed by atoms with Crippen molar-refractivity contribution in [3.63, 3.8) is 0 Å². The molecule has 1 rings (SSSR count). The summed E-state index contributed by atoms with van der Waals surface area (Å²) in [5.74, 6) is 0. The predicted octanol–water partition coefficient (Wildman–Crippen LogP) is -0.669. The Kier molecular flexibility index (Phi) is 6.16. The molecule has 0 spiro atoms. The molecular weight excluding hydrogens is 153 g/mol. The minimum Gasteiger partial charge on any atom is -0.302 e. The van der Waals surface area contributed by atoms with Gasteiger partial charge in [-0.2, -0.15) is 30.3 Å². The molecule has 0 bridgehead atoms. The first kappa shape index (κ1) is 12.8. The van der Waals surface area contributed by atoms with Crippen LogP contribution in [0.5, 0.6) is 0 Å². The zero-order valence-electron chi connectivity index (χ0n) is 9.04. The van der Waals surface area contributed by atoms with E-state index in [0.29, 0.717) is 6.04 Å². The summed E-state index contributed by atoms with van der Waals surface area (Å²) in [6.07, 6.45) is 0. The Balaban J connectivity index is 0.00000144. The maximum atomic E-state index is 3.21. The molecule has 0 aromatic heterocycles. The van der Waals surface area contributed by atoms with Gasteiger partial charge in [-0.1, -0.05) is 0 Å². The fraction of sp³-hybridized carbons (Fsp3) is 0.455. The zero-order valence-corrected chi connectivity index (χ0v) is 9.04. The van der Waals surface area contributed by atoms with E-state index in [1.165, 1.54) is 5.56 Å². The van der Waals surface area contributed by atoms with Gasteiger partial charge in [-0.3, -0.25) is 0 Å². The third-order valence-electron chi connectivity index (χ3n) is 2.07. The molecule has 0 aliphatic rings. The van der Waals surface area contributed by atoms with Crippen LogP contribution in [0.3, 0.4) is 0 Å². The topological polar surface area (TPSA) is 3.24 Å². The van der Waals surface area contributed by atoms with Gasteiger partial charge in [0.1, 0.15) is 0 Å². The largest absolute Gasteiger partial charge is 1.00 e. The fourth-order valence-corrected chi connectivity index (χ4v) is 0.980. The summed E-state index contributed by atoms with van der Waals surface area (Å²) in [7, 11) is 2.13. The molecule has 0 saturated carbocycles. The number of hydrogen-bond donors (Lipinski definition) is 0. The van der Waals surface area contributed by atoms with Crippen molar-refractivity contribution < 1.29 is 18.9 Å². The first-order valence-corrected chi connectivity index (χ1v) is 4.36. The zero-order chi connectivity index (χ0) is 8.97. The molecule has 0 heterocycles. The first-order valence-electron chi connectivity index (χ1n) is 4.36. The Morgan fingerprint density at radius 1 is 1.38 bits per heavy atom. The molecular formula is C11H16LiN. The van der Waals surface area contributed by atoms with Crippen LogP contribution in [-0.2, 0) is 6.54 Å². The molecule has 0 aliphatic heterocycles. The average molecular weight is 169 g/mol. The Labute approximate surface area is 93.3 Å². The van der Waals surface area contributed by atoms with Crippen LogP contribution in [0.1, 0.15) is 19.4 Å².